The van der Waals surface area contributed by atoms with Crippen LogP contribution in [0, 0.1) is 0 Å². The van der Waals surface area contributed by atoms with Crippen molar-refractivity contribution in [2.75, 3.05) is 19.6 Å². The molecule has 14 aromatic carbocycles. The number of hydrogen-bond donors (Lipinski definition) is 0. The number of para-hydroxylation sites is 5. The molecule has 0 aliphatic rings. The third kappa shape index (κ3) is 9.76. The summed E-state index contributed by atoms with van der Waals surface area (Å²) in [5.74, 6) is 0. The smallest absolute Gasteiger partial charge is 0.0540 e. The summed E-state index contributed by atoms with van der Waals surface area (Å²) in [5.41, 5.74) is 17.9. The molecule has 388 valence electrons. The maximum absolute atomic E-state index is 2.35. The summed E-state index contributed by atoms with van der Waals surface area (Å²) in [6, 6.07) is 122. The molecule has 14 aromatic rings. The Morgan fingerprint density at radius 3 is 0.780 bits per heavy atom. The summed E-state index contributed by atoms with van der Waals surface area (Å²) >= 11 is 0. The Hall–Kier alpha value is -10.9. The van der Waals surface area contributed by atoms with Crippen molar-refractivity contribution >= 4 is 101 Å². The monoisotopic (exact) mass is 1050 g/mol. The first kappa shape index (κ1) is 49.4. The number of rotatable bonds is 14. The van der Waals surface area contributed by atoms with Gasteiger partial charge in [0.05, 0.1) is 5.69 Å². The third-order valence-corrected chi connectivity index (χ3v) is 15.6. The lowest BCUT2D eigenvalue weighted by atomic mass is 9.99. The fraction of sp³-hybridized carbons (Fsp3) is 0. The van der Waals surface area contributed by atoms with Gasteiger partial charge in [0.25, 0.3) is 0 Å². The summed E-state index contributed by atoms with van der Waals surface area (Å²) in [6.45, 7) is 0. The van der Waals surface area contributed by atoms with E-state index >= 15 is 0 Å². The van der Waals surface area contributed by atoms with Gasteiger partial charge in [-0.3, -0.25) is 0 Å². The van der Waals surface area contributed by atoms with Crippen LogP contribution in [-0.2, 0) is 0 Å². The Kier molecular flexibility index (Phi) is 13.3. The highest BCUT2D eigenvalue weighted by molar-refractivity contribution is 6.10. The Labute approximate surface area is 479 Å². The van der Waals surface area contributed by atoms with Crippen LogP contribution in [0.4, 0.5) is 68.2 Å². The molecule has 0 amide bonds. The van der Waals surface area contributed by atoms with E-state index in [0.29, 0.717) is 0 Å². The van der Waals surface area contributed by atoms with E-state index in [4.69, 9.17) is 0 Å². The molecular weight excluding hydrogens is 993 g/mol. The van der Waals surface area contributed by atoms with Crippen molar-refractivity contribution in [3.8, 4) is 22.3 Å². The Morgan fingerprint density at radius 1 is 0.146 bits per heavy atom. The molecule has 0 heterocycles. The molecule has 0 spiro atoms. The number of fused-ring (bicyclic) bond motifs is 4. The molecule has 14 rings (SSSR count). The molecule has 0 atom stereocenters. The Bertz CT molecular complexity index is 4420. The highest BCUT2D eigenvalue weighted by atomic mass is 15.2. The van der Waals surface area contributed by atoms with Gasteiger partial charge in [-0.1, -0.05) is 200 Å². The van der Waals surface area contributed by atoms with E-state index in [1.807, 2.05) is 0 Å². The first-order valence-electron chi connectivity index (χ1n) is 28.0. The zero-order valence-electron chi connectivity index (χ0n) is 45.1. The zero-order chi connectivity index (χ0) is 54.6. The molecule has 0 unspecified atom stereocenters. The quantitative estimate of drug-likeness (QED) is 0.101. The van der Waals surface area contributed by atoms with E-state index in [0.717, 1.165) is 90.5 Å². The largest absolute Gasteiger partial charge is 0.311 e. The van der Waals surface area contributed by atoms with Crippen molar-refractivity contribution < 1.29 is 0 Å². The van der Waals surface area contributed by atoms with Gasteiger partial charge in [0, 0.05) is 67.9 Å². The van der Waals surface area contributed by atoms with E-state index in [1.54, 1.807) is 0 Å². The van der Waals surface area contributed by atoms with E-state index in [2.05, 4.69) is 359 Å². The predicted octanol–water partition coefficient (Wildman–Crippen LogP) is 22.4. The molecule has 0 saturated heterocycles. The lowest BCUT2D eigenvalue weighted by Crippen LogP contribution is -2.10. The number of nitrogens with zero attached hydrogens (tertiary/aromatic N) is 4. The molecule has 0 aliphatic carbocycles. The van der Waals surface area contributed by atoms with Gasteiger partial charge in [-0.15, -0.1) is 0 Å². The number of benzene rings is 14. The molecule has 0 bridgehead atoms. The van der Waals surface area contributed by atoms with E-state index in [-0.39, 0.29) is 0 Å². The van der Waals surface area contributed by atoms with Gasteiger partial charge in [-0.05, 0) is 189 Å². The molecular formula is C78H56N4. The maximum atomic E-state index is 2.35. The SMILES string of the molecule is c1ccc(N(c2ccccc2)c2ccc(-c3ccc(N(c4ccccc4)c4ccc5c(ccc6cc(N(c7ccccc7)c7ccc(-c8ccc(N(c9ccccc9)c9cccc%10ccccc9%10)cc8)cc7)ccc65)c4)cc3)cc2)cc1. The van der Waals surface area contributed by atoms with Crippen molar-refractivity contribution in [2.24, 2.45) is 0 Å². The maximum Gasteiger partial charge on any atom is 0.0540 e. The van der Waals surface area contributed by atoms with Gasteiger partial charge in [0.1, 0.15) is 0 Å². The zero-order valence-corrected chi connectivity index (χ0v) is 45.1. The van der Waals surface area contributed by atoms with Crippen LogP contribution in [0.1, 0.15) is 0 Å². The van der Waals surface area contributed by atoms with Crippen LogP contribution in [-0.4, -0.2) is 0 Å². The van der Waals surface area contributed by atoms with Gasteiger partial charge in [-0.2, -0.15) is 0 Å². The standard InChI is InChI=1S/C78H56N4/c1-6-21-64(22-7-1)79(65-23-8-2-9-24-65)69-43-35-57(36-44-69)58-37-45-70(46-38-58)80(66-25-10-3-11-26-66)73-51-53-75-62(55-73)33-34-63-56-74(52-54-76(63)75)81(67-27-12-4-13-28-67)71-47-39-59(40-48-71)60-41-49-72(50-42-60)82(68-29-14-5-15-30-68)78-32-18-20-61-19-16-17-31-77(61)78/h1-56H. The molecule has 4 heteroatoms. The van der Waals surface area contributed by atoms with Gasteiger partial charge >= 0.3 is 0 Å². The highest BCUT2D eigenvalue weighted by Crippen LogP contribution is 2.44. The van der Waals surface area contributed by atoms with Crippen molar-refractivity contribution in [2.45, 2.75) is 0 Å². The topological polar surface area (TPSA) is 13.0 Å². The van der Waals surface area contributed by atoms with Crippen LogP contribution in [0.3, 0.4) is 0 Å². The lowest BCUT2D eigenvalue weighted by molar-refractivity contribution is 1.28. The van der Waals surface area contributed by atoms with E-state index in [9.17, 15) is 0 Å². The minimum absolute atomic E-state index is 1.09. The van der Waals surface area contributed by atoms with E-state index < -0.39 is 0 Å². The average molecular weight is 1050 g/mol. The van der Waals surface area contributed by atoms with Crippen LogP contribution in [0.2, 0.25) is 0 Å². The van der Waals surface area contributed by atoms with Crippen LogP contribution in [0.15, 0.2) is 340 Å². The Morgan fingerprint density at radius 2 is 0.415 bits per heavy atom. The average Bonchev–Trinajstić information content (AvgIpc) is 3.65. The molecule has 0 N–H and O–H groups in total. The molecule has 0 radical (unpaired) electrons. The van der Waals surface area contributed by atoms with Crippen molar-refractivity contribution in [1.82, 2.24) is 0 Å². The molecule has 0 aliphatic heterocycles. The second-order valence-corrected chi connectivity index (χ2v) is 20.6. The fourth-order valence-electron chi connectivity index (χ4n) is 11.6. The van der Waals surface area contributed by atoms with Crippen molar-refractivity contribution in [1.29, 1.82) is 0 Å². The van der Waals surface area contributed by atoms with Crippen molar-refractivity contribution in [3.63, 3.8) is 0 Å². The van der Waals surface area contributed by atoms with Crippen LogP contribution in [0.25, 0.3) is 54.6 Å². The summed E-state index contributed by atoms with van der Waals surface area (Å²) < 4.78 is 0. The first-order valence-corrected chi connectivity index (χ1v) is 28.0. The minimum Gasteiger partial charge on any atom is -0.311 e. The second-order valence-electron chi connectivity index (χ2n) is 20.6. The molecule has 82 heavy (non-hydrogen) atoms. The second kappa shape index (κ2) is 22.1. The summed E-state index contributed by atoms with van der Waals surface area (Å²) in [5, 5.41) is 7.21. The summed E-state index contributed by atoms with van der Waals surface area (Å²) in [6.07, 6.45) is 0. The molecule has 0 fully saturated rings. The van der Waals surface area contributed by atoms with Gasteiger partial charge in [0.15, 0.2) is 0 Å². The summed E-state index contributed by atoms with van der Waals surface area (Å²) in [4.78, 5) is 9.35. The Balaban J connectivity index is 0.740. The number of anilines is 12. The van der Waals surface area contributed by atoms with Gasteiger partial charge < -0.3 is 19.6 Å². The highest BCUT2D eigenvalue weighted by Gasteiger charge is 2.19. The van der Waals surface area contributed by atoms with E-state index in [1.165, 1.54) is 32.3 Å². The number of hydrogen-bond acceptors (Lipinski definition) is 4. The fourth-order valence-corrected chi connectivity index (χ4v) is 11.6. The van der Waals surface area contributed by atoms with Gasteiger partial charge in [0.2, 0.25) is 0 Å². The van der Waals surface area contributed by atoms with Crippen LogP contribution in [0.5, 0.6) is 0 Å². The predicted molar refractivity (Wildman–Crippen MR) is 349 cm³/mol. The van der Waals surface area contributed by atoms with Crippen LogP contribution < -0.4 is 19.6 Å². The molecule has 0 saturated carbocycles. The molecule has 0 aromatic heterocycles. The third-order valence-electron chi connectivity index (χ3n) is 15.6. The molecule has 4 nitrogen and oxygen atoms in total. The van der Waals surface area contributed by atoms with Crippen LogP contribution >= 0.6 is 0 Å². The summed E-state index contributed by atoms with van der Waals surface area (Å²) in [7, 11) is 0. The van der Waals surface area contributed by atoms with Crippen molar-refractivity contribution in [3.05, 3.63) is 340 Å². The normalized spacial score (nSPS) is 11.2. The minimum atomic E-state index is 1.09. The first-order chi connectivity index (χ1) is 40.7. The van der Waals surface area contributed by atoms with Gasteiger partial charge in [-0.25, -0.2) is 0 Å². The lowest BCUT2D eigenvalue weighted by Gasteiger charge is -2.27.